The van der Waals surface area contributed by atoms with Gasteiger partial charge in [0.25, 0.3) is 0 Å². The van der Waals surface area contributed by atoms with Crippen LogP contribution in [-0.4, -0.2) is 6.04 Å². The molecule has 0 unspecified atom stereocenters. The molecule has 0 amide bonds. The van der Waals surface area contributed by atoms with Crippen molar-refractivity contribution in [2.45, 2.75) is 32.7 Å². The Hall–Kier alpha value is -0.690. The van der Waals surface area contributed by atoms with E-state index in [1.165, 1.54) is 18.4 Å². The van der Waals surface area contributed by atoms with Crippen molar-refractivity contribution in [3.8, 4) is 0 Å². The van der Waals surface area contributed by atoms with Crippen molar-refractivity contribution in [2.75, 3.05) is 5.32 Å². The van der Waals surface area contributed by atoms with Gasteiger partial charge in [-0.25, -0.2) is 0 Å². The Labute approximate surface area is 90.5 Å². The number of hydrogen-bond donors (Lipinski definition) is 1. The topological polar surface area (TPSA) is 12.0 Å². The zero-order valence-electron chi connectivity index (χ0n) is 8.68. The van der Waals surface area contributed by atoms with Gasteiger partial charge >= 0.3 is 0 Å². The summed E-state index contributed by atoms with van der Waals surface area (Å²) in [6, 6.07) is 6.80. The normalized spacial score (nSPS) is 25.6. The first kappa shape index (κ1) is 9.85. The van der Waals surface area contributed by atoms with Gasteiger partial charge in [0.15, 0.2) is 0 Å². The molecule has 0 atom stereocenters. The number of aryl methyl sites for hydroxylation is 1. The van der Waals surface area contributed by atoms with Gasteiger partial charge < -0.3 is 5.32 Å². The Morgan fingerprint density at radius 3 is 2.64 bits per heavy atom. The summed E-state index contributed by atoms with van der Waals surface area (Å²) < 4.78 is 0. The molecule has 0 heterocycles. The predicted molar refractivity (Wildman–Crippen MR) is 62.0 cm³/mol. The minimum absolute atomic E-state index is 0.630. The SMILES string of the molecule is Cc1ccc(NC2CC(C)C2)c(Cl)c1. The molecule has 1 aliphatic carbocycles. The Morgan fingerprint density at radius 2 is 2.07 bits per heavy atom. The van der Waals surface area contributed by atoms with Crippen molar-refractivity contribution in [1.29, 1.82) is 0 Å². The molecular formula is C12H16ClN. The lowest BCUT2D eigenvalue weighted by Gasteiger charge is -2.34. The van der Waals surface area contributed by atoms with Crippen molar-refractivity contribution >= 4 is 17.3 Å². The summed E-state index contributed by atoms with van der Waals surface area (Å²) in [6.45, 7) is 4.34. The van der Waals surface area contributed by atoms with E-state index in [-0.39, 0.29) is 0 Å². The zero-order chi connectivity index (χ0) is 10.1. The van der Waals surface area contributed by atoms with Crippen molar-refractivity contribution in [3.05, 3.63) is 28.8 Å². The number of rotatable bonds is 2. The number of anilines is 1. The third kappa shape index (κ3) is 2.03. The molecule has 2 heteroatoms. The highest BCUT2D eigenvalue weighted by Crippen LogP contribution is 2.32. The van der Waals surface area contributed by atoms with Crippen molar-refractivity contribution in [2.24, 2.45) is 5.92 Å². The van der Waals surface area contributed by atoms with Crippen LogP contribution in [0.25, 0.3) is 0 Å². The number of nitrogens with one attached hydrogen (secondary N) is 1. The van der Waals surface area contributed by atoms with E-state index in [0.717, 1.165) is 16.6 Å². The number of halogens is 1. The summed E-state index contributed by atoms with van der Waals surface area (Å²) in [4.78, 5) is 0. The van der Waals surface area contributed by atoms with Gasteiger partial charge in [-0.05, 0) is 43.4 Å². The standard InChI is InChI=1S/C12H16ClN/c1-8-3-4-12(11(13)7-8)14-10-5-9(2)6-10/h3-4,7,9-10,14H,5-6H2,1-2H3. The summed E-state index contributed by atoms with van der Waals surface area (Å²) in [5.74, 6) is 0.872. The molecule has 0 spiro atoms. The van der Waals surface area contributed by atoms with Gasteiger partial charge in [-0.1, -0.05) is 24.6 Å². The molecule has 2 rings (SSSR count). The summed E-state index contributed by atoms with van der Waals surface area (Å²) in [5, 5.41) is 4.31. The molecular weight excluding hydrogens is 194 g/mol. The molecule has 14 heavy (non-hydrogen) atoms. The molecule has 1 fully saturated rings. The van der Waals surface area contributed by atoms with E-state index in [1.54, 1.807) is 0 Å². The Bertz CT molecular complexity index is 329. The van der Waals surface area contributed by atoms with Crippen LogP contribution in [0, 0.1) is 12.8 Å². The van der Waals surface area contributed by atoms with Crippen LogP contribution in [0.5, 0.6) is 0 Å². The van der Waals surface area contributed by atoms with E-state index >= 15 is 0 Å². The fraction of sp³-hybridized carbons (Fsp3) is 0.500. The molecule has 1 N–H and O–H groups in total. The van der Waals surface area contributed by atoms with Crippen LogP contribution in [0.2, 0.25) is 5.02 Å². The quantitative estimate of drug-likeness (QED) is 0.780. The molecule has 76 valence electrons. The molecule has 1 saturated carbocycles. The Balaban J connectivity index is 2.02. The van der Waals surface area contributed by atoms with E-state index in [1.807, 2.05) is 6.07 Å². The van der Waals surface area contributed by atoms with Crippen molar-refractivity contribution in [1.82, 2.24) is 0 Å². The maximum atomic E-state index is 6.13. The third-order valence-corrected chi connectivity index (χ3v) is 3.17. The second-order valence-electron chi connectivity index (χ2n) is 4.40. The lowest BCUT2D eigenvalue weighted by molar-refractivity contribution is 0.309. The molecule has 0 saturated heterocycles. The maximum Gasteiger partial charge on any atom is 0.0640 e. The first-order chi connectivity index (χ1) is 6.65. The van der Waals surface area contributed by atoms with Crippen molar-refractivity contribution < 1.29 is 0 Å². The second kappa shape index (κ2) is 3.82. The van der Waals surface area contributed by atoms with Crippen LogP contribution in [0.1, 0.15) is 25.3 Å². The van der Waals surface area contributed by atoms with Crippen LogP contribution in [0.15, 0.2) is 18.2 Å². The average Bonchev–Trinajstić information content (AvgIpc) is 2.06. The number of benzene rings is 1. The third-order valence-electron chi connectivity index (χ3n) is 2.86. The molecule has 1 aliphatic rings. The molecule has 1 nitrogen and oxygen atoms in total. The van der Waals surface area contributed by atoms with Crippen LogP contribution in [0.3, 0.4) is 0 Å². The van der Waals surface area contributed by atoms with Crippen molar-refractivity contribution in [3.63, 3.8) is 0 Å². The van der Waals surface area contributed by atoms with Gasteiger partial charge in [0.1, 0.15) is 0 Å². The summed E-state index contributed by atoms with van der Waals surface area (Å²) in [7, 11) is 0. The Kier molecular flexibility index (Phi) is 2.69. The molecule has 1 aromatic rings. The first-order valence-corrected chi connectivity index (χ1v) is 5.55. The minimum atomic E-state index is 0.630. The van der Waals surface area contributed by atoms with E-state index in [4.69, 9.17) is 11.6 Å². The smallest absolute Gasteiger partial charge is 0.0640 e. The van der Waals surface area contributed by atoms with Crippen LogP contribution < -0.4 is 5.32 Å². The lowest BCUT2D eigenvalue weighted by atomic mass is 9.82. The highest BCUT2D eigenvalue weighted by atomic mass is 35.5. The molecule has 0 aliphatic heterocycles. The van der Waals surface area contributed by atoms with E-state index < -0.39 is 0 Å². The van der Waals surface area contributed by atoms with Gasteiger partial charge in [-0.15, -0.1) is 0 Å². The Morgan fingerprint density at radius 1 is 1.36 bits per heavy atom. The van der Waals surface area contributed by atoms with Gasteiger partial charge in [-0.3, -0.25) is 0 Å². The van der Waals surface area contributed by atoms with Crippen LogP contribution in [-0.2, 0) is 0 Å². The van der Waals surface area contributed by atoms with Crippen LogP contribution >= 0.6 is 11.6 Å². The van der Waals surface area contributed by atoms with Gasteiger partial charge in [-0.2, -0.15) is 0 Å². The molecule has 0 radical (unpaired) electrons. The molecule has 0 bridgehead atoms. The lowest BCUT2D eigenvalue weighted by Crippen LogP contribution is -2.33. The fourth-order valence-corrected chi connectivity index (χ4v) is 2.27. The van der Waals surface area contributed by atoms with Gasteiger partial charge in [0.2, 0.25) is 0 Å². The summed E-state index contributed by atoms with van der Waals surface area (Å²) in [6.07, 6.45) is 2.54. The predicted octanol–water partition coefficient (Wildman–Crippen LogP) is 3.86. The van der Waals surface area contributed by atoms with E-state index in [2.05, 4.69) is 31.3 Å². The highest BCUT2D eigenvalue weighted by molar-refractivity contribution is 6.33. The maximum absolute atomic E-state index is 6.13. The minimum Gasteiger partial charge on any atom is -0.381 e. The number of hydrogen-bond acceptors (Lipinski definition) is 1. The molecule has 1 aromatic carbocycles. The average molecular weight is 210 g/mol. The largest absolute Gasteiger partial charge is 0.381 e. The summed E-state index contributed by atoms with van der Waals surface area (Å²) in [5.41, 5.74) is 2.29. The fourth-order valence-electron chi connectivity index (χ4n) is 1.98. The zero-order valence-corrected chi connectivity index (χ0v) is 9.43. The molecule has 0 aromatic heterocycles. The van der Waals surface area contributed by atoms with E-state index in [0.29, 0.717) is 6.04 Å². The highest BCUT2D eigenvalue weighted by Gasteiger charge is 2.25. The second-order valence-corrected chi connectivity index (χ2v) is 4.81. The van der Waals surface area contributed by atoms with Gasteiger partial charge in [0, 0.05) is 6.04 Å². The monoisotopic (exact) mass is 209 g/mol. The first-order valence-electron chi connectivity index (χ1n) is 5.18. The summed E-state index contributed by atoms with van der Waals surface area (Å²) >= 11 is 6.13. The van der Waals surface area contributed by atoms with E-state index in [9.17, 15) is 0 Å². The van der Waals surface area contributed by atoms with Crippen LogP contribution in [0.4, 0.5) is 5.69 Å². The van der Waals surface area contributed by atoms with Gasteiger partial charge in [0.05, 0.1) is 10.7 Å².